The van der Waals surface area contributed by atoms with Crippen molar-refractivity contribution in [2.75, 3.05) is 24.6 Å². The van der Waals surface area contributed by atoms with Crippen molar-refractivity contribution in [2.45, 2.75) is 24.0 Å². The fourth-order valence-electron chi connectivity index (χ4n) is 1.46. The first kappa shape index (κ1) is 12.4. The van der Waals surface area contributed by atoms with Gasteiger partial charge in [0.25, 0.3) is 0 Å². The molecule has 0 spiro atoms. The van der Waals surface area contributed by atoms with Crippen LogP contribution in [0.15, 0.2) is 0 Å². The van der Waals surface area contributed by atoms with Crippen LogP contribution in [-0.2, 0) is 9.05 Å². The highest BCUT2D eigenvalue weighted by Crippen LogP contribution is 2.40. The molecule has 0 radical (unpaired) electrons. The number of thioether (sulfide) groups is 2. The van der Waals surface area contributed by atoms with Crippen molar-refractivity contribution in [3.05, 3.63) is 0 Å². The van der Waals surface area contributed by atoms with Gasteiger partial charge in [-0.15, -0.1) is 23.5 Å². The first-order chi connectivity index (χ1) is 7.12. The molecule has 15 heavy (non-hydrogen) atoms. The molecule has 4 nitrogen and oxygen atoms in total. The molecule has 0 bridgehead atoms. The summed E-state index contributed by atoms with van der Waals surface area (Å²) in [7, 11) is 0.0756. The van der Waals surface area contributed by atoms with E-state index in [2.05, 4.69) is 24.5 Å². The Bertz CT molecular complexity index is 199. The second-order valence-corrected chi connectivity index (χ2v) is 7.26. The predicted molar refractivity (Wildman–Crippen MR) is 68.2 cm³/mol. The van der Waals surface area contributed by atoms with Crippen molar-refractivity contribution in [2.24, 2.45) is 0 Å². The molecular formula is C8H17N2O2PS2. The molecule has 2 atom stereocenters. The van der Waals surface area contributed by atoms with Crippen LogP contribution in [0.3, 0.4) is 0 Å². The van der Waals surface area contributed by atoms with Gasteiger partial charge in [-0.1, -0.05) is 0 Å². The Hall–Kier alpha value is 0.970. The molecule has 0 aromatic rings. The van der Waals surface area contributed by atoms with Crippen molar-refractivity contribution >= 4 is 32.6 Å². The smallest absolute Gasteiger partial charge is 0.170 e. The van der Waals surface area contributed by atoms with E-state index in [1.165, 1.54) is 0 Å². The predicted octanol–water partition coefficient (Wildman–Crippen LogP) is 1.55. The van der Waals surface area contributed by atoms with Crippen LogP contribution in [0.2, 0.25) is 0 Å². The molecule has 2 saturated heterocycles. The molecule has 0 amide bonds. The van der Waals surface area contributed by atoms with E-state index in [1.807, 2.05) is 0 Å². The molecule has 88 valence electrons. The van der Waals surface area contributed by atoms with Gasteiger partial charge in [0.05, 0.1) is 0 Å². The Balaban J connectivity index is 1.69. The van der Waals surface area contributed by atoms with Gasteiger partial charge in [-0.25, -0.2) is 0 Å². The molecule has 0 aromatic carbocycles. The third-order valence-corrected chi connectivity index (χ3v) is 5.98. The fraction of sp³-hybridized carbons (Fsp3) is 1.00. The van der Waals surface area contributed by atoms with E-state index in [-0.39, 0.29) is 19.1 Å². The third-order valence-electron chi connectivity index (χ3n) is 2.32. The molecule has 2 fully saturated rings. The second kappa shape index (κ2) is 5.08. The zero-order valence-electron chi connectivity index (χ0n) is 8.96. The standard InChI is InChI=1S/C8H17N2O2PS2/c1-7(9-3-5-14-7)11-13-12-8(2)10-4-6-15-8/h9-10,13H,3-6H2,1-2H3. The van der Waals surface area contributed by atoms with Gasteiger partial charge < -0.3 is 9.05 Å². The largest absolute Gasteiger partial charge is 0.305 e. The van der Waals surface area contributed by atoms with E-state index in [1.54, 1.807) is 23.5 Å². The van der Waals surface area contributed by atoms with E-state index in [0.717, 1.165) is 24.6 Å². The zero-order valence-corrected chi connectivity index (χ0v) is 11.6. The summed E-state index contributed by atoms with van der Waals surface area (Å²) < 4.78 is 11.4. The molecule has 0 aromatic heterocycles. The Morgan fingerprint density at radius 3 is 1.80 bits per heavy atom. The molecule has 0 saturated carbocycles. The maximum absolute atomic E-state index is 5.72. The quantitative estimate of drug-likeness (QED) is 0.754. The molecule has 2 aliphatic rings. The van der Waals surface area contributed by atoms with Crippen LogP contribution in [0, 0.1) is 0 Å². The molecule has 2 heterocycles. The van der Waals surface area contributed by atoms with Gasteiger partial charge in [-0.05, 0) is 13.8 Å². The molecule has 2 N–H and O–H groups in total. The van der Waals surface area contributed by atoms with Crippen LogP contribution >= 0.6 is 32.6 Å². The summed E-state index contributed by atoms with van der Waals surface area (Å²) in [6.45, 7) is 6.13. The van der Waals surface area contributed by atoms with Crippen LogP contribution in [-0.4, -0.2) is 34.7 Å². The maximum Gasteiger partial charge on any atom is 0.170 e. The van der Waals surface area contributed by atoms with Crippen LogP contribution < -0.4 is 10.6 Å². The maximum atomic E-state index is 5.72. The Kier molecular flexibility index (Phi) is 4.21. The first-order valence-electron chi connectivity index (χ1n) is 5.01. The fourth-order valence-corrected chi connectivity index (χ4v) is 4.24. The van der Waals surface area contributed by atoms with Gasteiger partial charge in [-0.2, -0.15) is 0 Å². The highest BCUT2D eigenvalue weighted by atomic mass is 32.2. The molecule has 7 heteroatoms. The summed E-state index contributed by atoms with van der Waals surface area (Å²) in [5.41, 5.74) is 0. The van der Waals surface area contributed by atoms with Gasteiger partial charge in [0.15, 0.2) is 19.1 Å². The SMILES string of the molecule is CC1(OPOC2(C)NCCS2)NCCS1. The summed E-state index contributed by atoms with van der Waals surface area (Å²) in [6.07, 6.45) is 0. The number of hydrogen-bond donors (Lipinski definition) is 2. The minimum atomic E-state index is -0.252. The van der Waals surface area contributed by atoms with Crippen LogP contribution in [0.4, 0.5) is 0 Å². The van der Waals surface area contributed by atoms with E-state index in [9.17, 15) is 0 Å². The molecule has 2 rings (SSSR count). The number of nitrogens with one attached hydrogen (secondary N) is 2. The van der Waals surface area contributed by atoms with Crippen LogP contribution in [0.1, 0.15) is 13.8 Å². The highest BCUT2D eigenvalue weighted by molar-refractivity contribution is 8.01. The highest BCUT2D eigenvalue weighted by Gasteiger charge is 2.33. The lowest BCUT2D eigenvalue weighted by Gasteiger charge is -2.27. The second-order valence-electron chi connectivity index (χ2n) is 3.73. The van der Waals surface area contributed by atoms with Crippen molar-refractivity contribution < 1.29 is 9.05 Å². The summed E-state index contributed by atoms with van der Waals surface area (Å²) in [6, 6.07) is 0. The zero-order chi connectivity index (χ0) is 10.8. The van der Waals surface area contributed by atoms with E-state index >= 15 is 0 Å². The number of rotatable bonds is 4. The molecular weight excluding hydrogens is 251 g/mol. The Morgan fingerprint density at radius 2 is 1.47 bits per heavy atom. The summed E-state index contributed by atoms with van der Waals surface area (Å²) in [4.78, 5) is 0. The summed E-state index contributed by atoms with van der Waals surface area (Å²) in [5, 5.41) is 6.12. The number of hydrogen-bond acceptors (Lipinski definition) is 6. The molecule has 2 unspecified atom stereocenters. The summed E-state index contributed by atoms with van der Waals surface area (Å²) >= 11 is 3.58. The minimum Gasteiger partial charge on any atom is -0.305 e. The van der Waals surface area contributed by atoms with Gasteiger partial charge in [0.2, 0.25) is 0 Å². The van der Waals surface area contributed by atoms with Crippen LogP contribution in [0.25, 0.3) is 0 Å². The molecule has 0 aliphatic carbocycles. The lowest BCUT2D eigenvalue weighted by Crippen LogP contribution is -2.37. The van der Waals surface area contributed by atoms with E-state index < -0.39 is 0 Å². The summed E-state index contributed by atoms with van der Waals surface area (Å²) in [5.74, 6) is 2.20. The lowest BCUT2D eigenvalue weighted by atomic mass is 10.6. The third kappa shape index (κ3) is 3.46. The average Bonchev–Trinajstić information content (AvgIpc) is 2.76. The average molecular weight is 268 g/mol. The van der Waals surface area contributed by atoms with Crippen molar-refractivity contribution in [1.82, 2.24) is 10.6 Å². The van der Waals surface area contributed by atoms with Gasteiger partial charge in [0, 0.05) is 24.6 Å². The minimum absolute atomic E-state index is 0.0756. The van der Waals surface area contributed by atoms with E-state index in [0.29, 0.717) is 0 Å². The topological polar surface area (TPSA) is 42.5 Å². The monoisotopic (exact) mass is 268 g/mol. The normalized spacial score (nSPS) is 42.0. The van der Waals surface area contributed by atoms with Gasteiger partial charge >= 0.3 is 0 Å². The molecule has 2 aliphatic heterocycles. The van der Waals surface area contributed by atoms with Gasteiger partial charge in [-0.3, -0.25) is 10.6 Å². The Morgan fingerprint density at radius 1 is 1.00 bits per heavy atom. The first-order valence-corrected chi connectivity index (χ1v) is 7.80. The van der Waals surface area contributed by atoms with Crippen molar-refractivity contribution in [3.63, 3.8) is 0 Å². The Labute approximate surface area is 101 Å². The van der Waals surface area contributed by atoms with Crippen molar-refractivity contribution in [1.29, 1.82) is 0 Å². The lowest BCUT2D eigenvalue weighted by molar-refractivity contribution is 0.113. The van der Waals surface area contributed by atoms with Crippen molar-refractivity contribution in [3.8, 4) is 0 Å². The van der Waals surface area contributed by atoms with E-state index in [4.69, 9.17) is 9.05 Å². The van der Waals surface area contributed by atoms with Crippen LogP contribution in [0.5, 0.6) is 0 Å². The van der Waals surface area contributed by atoms with Gasteiger partial charge in [0.1, 0.15) is 0 Å².